The normalized spacial score (nSPS) is 12.6. The minimum absolute atomic E-state index is 0.00795. The highest BCUT2D eigenvalue weighted by molar-refractivity contribution is 5.65. The first kappa shape index (κ1) is 30.3. The maximum atomic E-state index is 14.7. The van der Waals surface area contributed by atoms with Crippen LogP contribution in [0.25, 0.3) is 11.4 Å². The summed E-state index contributed by atoms with van der Waals surface area (Å²) in [6.45, 7) is 5.74. The second-order valence-electron chi connectivity index (χ2n) is 10.3. The molecule has 2 heterocycles. The van der Waals surface area contributed by atoms with Crippen LogP contribution < -0.4 is 18.9 Å². The van der Waals surface area contributed by atoms with Crippen molar-refractivity contribution < 1.29 is 32.1 Å². The van der Waals surface area contributed by atoms with Gasteiger partial charge >= 0.3 is 6.18 Å². The lowest BCUT2D eigenvalue weighted by molar-refractivity contribution is -0.141. The third-order valence-corrected chi connectivity index (χ3v) is 7.26. The van der Waals surface area contributed by atoms with E-state index in [1.165, 1.54) is 7.11 Å². The molecule has 0 spiro atoms. The van der Waals surface area contributed by atoms with Crippen molar-refractivity contribution in [2.24, 2.45) is 0 Å². The highest BCUT2D eigenvalue weighted by Crippen LogP contribution is 2.39. The maximum Gasteiger partial charge on any atom is 0.435 e. The molecule has 0 N–H and O–H groups in total. The zero-order valence-corrected chi connectivity index (χ0v) is 24.6. The Morgan fingerprint density at radius 1 is 0.907 bits per heavy atom. The van der Waals surface area contributed by atoms with E-state index in [-0.39, 0.29) is 24.9 Å². The summed E-state index contributed by atoms with van der Waals surface area (Å²) < 4.78 is 68.0. The highest BCUT2D eigenvalue weighted by Gasteiger charge is 2.40. The van der Waals surface area contributed by atoms with Crippen molar-refractivity contribution in [2.45, 2.75) is 59.0 Å². The van der Waals surface area contributed by atoms with E-state index in [0.29, 0.717) is 61.2 Å². The zero-order valence-electron chi connectivity index (χ0n) is 24.6. The summed E-state index contributed by atoms with van der Waals surface area (Å²) >= 11 is 0. The van der Waals surface area contributed by atoms with Gasteiger partial charge in [-0.3, -0.25) is 4.90 Å². The van der Waals surface area contributed by atoms with E-state index in [1.807, 2.05) is 61.2 Å². The number of imidazole rings is 1. The molecule has 0 saturated heterocycles. The van der Waals surface area contributed by atoms with Gasteiger partial charge in [-0.2, -0.15) is 13.2 Å². The number of unbranched alkanes of at least 4 members (excludes halogenated alkanes) is 1. The van der Waals surface area contributed by atoms with Gasteiger partial charge in [0.15, 0.2) is 17.2 Å². The molecule has 1 aromatic heterocycles. The molecule has 43 heavy (non-hydrogen) atoms. The Labute approximate surface area is 249 Å². The third-order valence-electron chi connectivity index (χ3n) is 7.26. The number of para-hydroxylation sites is 1. The van der Waals surface area contributed by atoms with Gasteiger partial charge in [0.1, 0.15) is 17.3 Å². The van der Waals surface area contributed by atoms with Crippen LogP contribution in [0, 0.1) is 0 Å². The monoisotopic (exact) mass is 595 g/mol. The first-order valence-electron chi connectivity index (χ1n) is 14.4. The number of nitrogens with zero attached hydrogens (tertiary/aromatic N) is 3. The molecule has 0 unspecified atom stereocenters. The second kappa shape index (κ2) is 13.4. The Balaban J connectivity index is 1.59. The summed E-state index contributed by atoms with van der Waals surface area (Å²) in [5.74, 6) is 2.70. The molecule has 0 atom stereocenters. The number of hydrogen-bond acceptors (Lipinski definition) is 6. The van der Waals surface area contributed by atoms with Crippen LogP contribution in [0.3, 0.4) is 0 Å². The SMILES string of the molecule is CCCCn1c(-c2ccccc2OC)nc(C(F)(F)F)c1CN(Cc1cccc(OCC)c1)Cc1ccc2c(c1)OCO2. The predicted molar refractivity (Wildman–Crippen MR) is 157 cm³/mol. The molecule has 0 bridgehead atoms. The Bertz CT molecular complexity index is 1540. The van der Waals surface area contributed by atoms with Crippen LogP contribution in [-0.4, -0.2) is 35.0 Å². The number of alkyl halides is 3. The van der Waals surface area contributed by atoms with E-state index >= 15 is 0 Å². The van der Waals surface area contributed by atoms with Gasteiger partial charge in [0.05, 0.1) is 25.0 Å². The minimum Gasteiger partial charge on any atom is -0.496 e. The van der Waals surface area contributed by atoms with Gasteiger partial charge in [-0.05, 0) is 60.9 Å². The fourth-order valence-electron chi connectivity index (χ4n) is 5.30. The molecule has 4 aromatic rings. The van der Waals surface area contributed by atoms with Crippen LogP contribution >= 0.6 is 0 Å². The Morgan fingerprint density at radius 3 is 2.42 bits per heavy atom. The van der Waals surface area contributed by atoms with Crippen molar-refractivity contribution in [1.29, 1.82) is 0 Å². The van der Waals surface area contributed by atoms with E-state index in [0.717, 1.165) is 17.5 Å². The van der Waals surface area contributed by atoms with Crippen LogP contribution in [0.4, 0.5) is 13.2 Å². The molecule has 3 aromatic carbocycles. The first-order valence-corrected chi connectivity index (χ1v) is 14.4. The van der Waals surface area contributed by atoms with Crippen molar-refractivity contribution in [2.75, 3.05) is 20.5 Å². The molecule has 0 amide bonds. The van der Waals surface area contributed by atoms with Crippen LogP contribution in [0.1, 0.15) is 49.2 Å². The van der Waals surface area contributed by atoms with Crippen LogP contribution in [-0.2, 0) is 32.4 Å². The van der Waals surface area contributed by atoms with Crippen LogP contribution in [0.15, 0.2) is 66.7 Å². The Kier molecular flexibility index (Phi) is 9.45. The molecule has 228 valence electrons. The van der Waals surface area contributed by atoms with Gasteiger partial charge in [-0.1, -0.05) is 43.7 Å². The van der Waals surface area contributed by atoms with Crippen LogP contribution in [0.5, 0.6) is 23.0 Å². The summed E-state index contributed by atoms with van der Waals surface area (Å²) in [4.78, 5) is 6.23. The summed E-state index contributed by atoms with van der Waals surface area (Å²) in [7, 11) is 1.51. The summed E-state index contributed by atoms with van der Waals surface area (Å²) in [5.41, 5.74) is 1.56. The molecular weight excluding hydrogens is 559 g/mol. The lowest BCUT2D eigenvalue weighted by Gasteiger charge is -2.25. The molecule has 7 nitrogen and oxygen atoms in total. The smallest absolute Gasteiger partial charge is 0.435 e. The summed E-state index contributed by atoms with van der Waals surface area (Å²) in [6.07, 6.45) is -3.14. The number of ether oxygens (including phenoxy) is 4. The first-order chi connectivity index (χ1) is 20.8. The lowest BCUT2D eigenvalue weighted by atomic mass is 10.1. The molecular formula is C33H36F3N3O4. The molecule has 1 aliphatic rings. The summed E-state index contributed by atoms with van der Waals surface area (Å²) in [6, 6.07) is 20.3. The minimum atomic E-state index is -4.65. The maximum absolute atomic E-state index is 14.7. The van der Waals surface area contributed by atoms with Gasteiger partial charge < -0.3 is 23.5 Å². The van der Waals surface area contributed by atoms with Gasteiger partial charge in [-0.25, -0.2) is 4.98 Å². The molecule has 0 fully saturated rings. The van der Waals surface area contributed by atoms with Crippen molar-refractivity contribution in [3.05, 3.63) is 89.2 Å². The zero-order chi connectivity index (χ0) is 30.4. The molecule has 10 heteroatoms. The van der Waals surface area contributed by atoms with Crippen molar-refractivity contribution >= 4 is 0 Å². The van der Waals surface area contributed by atoms with E-state index in [4.69, 9.17) is 18.9 Å². The average molecular weight is 596 g/mol. The fraction of sp³-hybridized carbons (Fsp3) is 0.364. The molecule has 0 saturated carbocycles. The van der Waals surface area contributed by atoms with Gasteiger partial charge in [0.2, 0.25) is 6.79 Å². The Hall–Kier alpha value is -4.18. The average Bonchev–Trinajstić information content (AvgIpc) is 3.60. The summed E-state index contributed by atoms with van der Waals surface area (Å²) in [5, 5.41) is 0. The number of halogens is 3. The largest absolute Gasteiger partial charge is 0.496 e. The predicted octanol–water partition coefficient (Wildman–Crippen LogP) is 7.71. The quantitative estimate of drug-likeness (QED) is 0.158. The molecule has 5 rings (SSSR count). The Morgan fingerprint density at radius 2 is 1.67 bits per heavy atom. The number of aromatic nitrogens is 2. The van der Waals surface area contributed by atoms with Gasteiger partial charge in [0, 0.05) is 26.2 Å². The highest BCUT2D eigenvalue weighted by atomic mass is 19.4. The number of methoxy groups -OCH3 is 1. The second-order valence-corrected chi connectivity index (χ2v) is 10.3. The van der Waals surface area contributed by atoms with Gasteiger partial charge in [-0.15, -0.1) is 0 Å². The number of hydrogen-bond donors (Lipinski definition) is 0. The van der Waals surface area contributed by atoms with E-state index in [2.05, 4.69) is 4.98 Å². The van der Waals surface area contributed by atoms with E-state index in [9.17, 15) is 13.2 Å². The molecule has 0 radical (unpaired) electrons. The van der Waals surface area contributed by atoms with Crippen molar-refractivity contribution in [3.63, 3.8) is 0 Å². The third kappa shape index (κ3) is 7.07. The fourth-order valence-corrected chi connectivity index (χ4v) is 5.30. The van der Waals surface area contributed by atoms with E-state index < -0.39 is 11.9 Å². The van der Waals surface area contributed by atoms with Crippen LogP contribution in [0.2, 0.25) is 0 Å². The number of benzene rings is 3. The molecule has 1 aliphatic heterocycles. The van der Waals surface area contributed by atoms with Crippen molar-refractivity contribution in [1.82, 2.24) is 14.5 Å². The molecule has 0 aliphatic carbocycles. The van der Waals surface area contributed by atoms with E-state index in [1.54, 1.807) is 28.8 Å². The number of fused-ring (bicyclic) bond motifs is 1. The lowest BCUT2D eigenvalue weighted by Crippen LogP contribution is -2.26. The topological polar surface area (TPSA) is 58.0 Å². The van der Waals surface area contributed by atoms with Gasteiger partial charge in [0.25, 0.3) is 0 Å². The standard InChI is InChI=1S/C33H36F3N3O4/c1-4-6-16-39-27(31(33(34,35)36)37-32(39)26-12-7-8-13-28(26)40-3)21-38(19-23-10-9-11-25(17-23)41-5-2)20-24-14-15-29-30(18-24)43-22-42-29/h7-15,17-18H,4-6,16,19-22H2,1-3H3. The number of rotatable bonds is 13. The van der Waals surface area contributed by atoms with Crippen molar-refractivity contribution in [3.8, 4) is 34.4 Å².